The van der Waals surface area contributed by atoms with Gasteiger partial charge in [0.25, 0.3) is 5.56 Å². The van der Waals surface area contributed by atoms with Gasteiger partial charge in [0.15, 0.2) is 5.16 Å². The number of carbonyl (C=O) groups excluding carboxylic acids is 1. The molecule has 0 spiro atoms. The molecule has 3 rings (SSSR count). The summed E-state index contributed by atoms with van der Waals surface area (Å²) in [7, 11) is 1.64. The topological polar surface area (TPSA) is 73.2 Å². The largest absolute Gasteiger partial charge is 0.385 e. The Labute approximate surface area is 171 Å². The number of benzene rings is 1. The van der Waals surface area contributed by atoms with Crippen molar-refractivity contribution in [2.75, 3.05) is 26.0 Å². The highest BCUT2D eigenvalue weighted by Crippen LogP contribution is 2.21. The Hall–Kier alpha value is -2.16. The summed E-state index contributed by atoms with van der Waals surface area (Å²) >= 11 is 2.70. The van der Waals surface area contributed by atoms with Crippen LogP contribution in [-0.2, 0) is 22.5 Å². The van der Waals surface area contributed by atoms with Gasteiger partial charge in [-0.3, -0.25) is 14.2 Å². The van der Waals surface area contributed by atoms with E-state index in [0.29, 0.717) is 35.1 Å². The Bertz CT molecular complexity index is 970. The van der Waals surface area contributed by atoms with E-state index in [-0.39, 0.29) is 17.2 Å². The van der Waals surface area contributed by atoms with E-state index in [1.165, 1.54) is 23.1 Å². The molecule has 148 valence electrons. The van der Waals surface area contributed by atoms with Gasteiger partial charge in [0.2, 0.25) is 5.91 Å². The first-order valence-electron chi connectivity index (χ1n) is 9.09. The molecular formula is C20H23N3O3S2. The molecule has 1 aromatic carbocycles. The number of hydrogen-bond acceptors (Lipinski definition) is 6. The van der Waals surface area contributed by atoms with Crippen LogP contribution in [-0.4, -0.2) is 41.5 Å². The van der Waals surface area contributed by atoms with E-state index in [4.69, 9.17) is 4.74 Å². The standard InChI is InChI=1S/C20H23N3O3S2/c1-26-12-5-10-21-17(24)14-28-20-22-16-9-13-27-18(16)19(25)23(20)11-8-15-6-3-2-4-7-15/h2-4,6-7,9,13H,5,8,10-12,14H2,1H3,(H,21,24). The Morgan fingerprint density at radius 3 is 2.89 bits per heavy atom. The highest BCUT2D eigenvalue weighted by molar-refractivity contribution is 7.99. The van der Waals surface area contributed by atoms with E-state index in [2.05, 4.69) is 10.3 Å². The summed E-state index contributed by atoms with van der Waals surface area (Å²) in [5.41, 5.74) is 1.81. The summed E-state index contributed by atoms with van der Waals surface area (Å²) < 4.78 is 7.32. The third-order valence-electron chi connectivity index (χ3n) is 4.18. The number of thioether (sulfide) groups is 1. The Morgan fingerprint density at radius 1 is 1.29 bits per heavy atom. The number of aryl methyl sites for hydroxylation is 1. The second-order valence-electron chi connectivity index (χ2n) is 6.21. The summed E-state index contributed by atoms with van der Waals surface area (Å²) in [5, 5.41) is 5.31. The quantitative estimate of drug-likeness (QED) is 0.312. The number of ether oxygens (including phenoxy) is 1. The first-order valence-corrected chi connectivity index (χ1v) is 11.0. The molecule has 1 N–H and O–H groups in total. The van der Waals surface area contributed by atoms with E-state index >= 15 is 0 Å². The fraction of sp³-hybridized carbons (Fsp3) is 0.350. The fourth-order valence-electron chi connectivity index (χ4n) is 2.74. The van der Waals surface area contributed by atoms with Crippen molar-refractivity contribution in [3.63, 3.8) is 0 Å². The number of hydrogen-bond donors (Lipinski definition) is 1. The van der Waals surface area contributed by atoms with Crippen molar-refractivity contribution in [1.29, 1.82) is 0 Å². The maximum Gasteiger partial charge on any atom is 0.272 e. The van der Waals surface area contributed by atoms with E-state index in [1.54, 1.807) is 11.7 Å². The number of methoxy groups -OCH3 is 1. The van der Waals surface area contributed by atoms with Crippen LogP contribution >= 0.6 is 23.1 Å². The lowest BCUT2D eigenvalue weighted by Gasteiger charge is -2.12. The minimum absolute atomic E-state index is 0.0427. The lowest BCUT2D eigenvalue weighted by molar-refractivity contribution is -0.118. The number of amides is 1. The Balaban J connectivity index is 1.72. The monoisotopic (exact) mass is 417 g/mol. The van der Waals surface area contributed by atoms with Crippen LogP contribution in [0.4, 0.5) is 0 Å². The highest BCUT2D eigenvalue weighted by atomic mass is 32.2. The van der Waals surface area contributed by atoms with Gasteiger partial charge in [-0.15, -0.1) is 11.3 Å². The fourth-order valence-corrected chi connectivity index (χ4v) is 4.38. The van der Waals surface area contributed by atoms with E-state index < -0.39 is 0 Å². The molecule has 2 heterocycles. The van der Waals surface area contributed by atoms with Crippen LogP contribution in [0.2, 0.25) is 0 Å². The average Bonchev–Trinajstić information content (AvgIpc) is 3.19. The number of nitrogens with one attached hydrogen (secondary N) is 1. The molecule has 0 radical (unpaired) electrons. The van der Waals surface area contributed by atoms with Crippen molar-refractivity contribution >= 4 is 39.2 Å². The zero-order chi connectivity index (χ0) is 19.8. The maximum absolute atomic E-state index is 12.9. The molecule has 0 saturated heterocycles. The molecule has 0 atom stereocenters. The third-order valence-corrected chi connectivity index (χ3v) is 6.05. The first kappa shape index (κ1) is 20.6. The first-order chi connectivity index (χ1) is 13.7. The van der Waals surface area contributed by atoms with Crippen LogP contribution in [0.15, 0.2) is 51.7 Å². The molecule has 8 heteroatoms. The van der Waals surface area contributed by atoms with Crippen LogP contribution in [0.5, 0.6) is 0 Å². The van der Waals surface area contributed by atoms with E-state index in [9.17, 15) is 9.59 Å². The van der Waals surface area contributed by atoms with Gasteiger partial charge in [0.1, 0.15) is 4.70 Å². The molecule has 0 bridgehead atoms. The second kappa shape index (κ2) is 10.4. The molecular weight excluding hydrogens is 394 g/mol. The van der Waals surface area contributed by atoms with Gasteiger partial charge < -0.3 is 10.1 Å². The summed E-state index contributed by atoms with van der Waals surface area (Å²) in [6.45, 7) is 1.72. The normalized spacial score (nSPS) is 11.0. The zero-order valence-electron chi connectivity index (χ0n) is 15.7. The molecule has 0 aliphatic heterocycles. The van der Waals surface area contributed by atoms with Crippen molar-refractivity contribution in [1.82, 2.24) is 14.9 Å². The van der Waals surface area contributed by atoms with Gasteiger partial charge in [0, 0.05) is 26.8 Å². The molecule has 28 heavy (non-hydrogen) atoms. The molecule has 3 aromatic rings. The summed E-state index contributed by atoms with van der Waals surface area (Å²) in [4.78, 5) is 29.6. The van der Waals surface area contributed by atoms with Crippen LogP contribution in [0.1, 0.15) is 12.0 Å². The molecule has 0 aliphatic rings. The number of aromatic nitrogens is 2. The Morgan fingerprint density at radius 2 is 2.11 bits per heavy atom. The van der Waals surface area contributed by atoms with Gasteiger partial charge >= 0.3 is 0 Å². The zero-order valence-corrected chi connectivity index (χ0v) is 17.4. The summed E-state index contributed by atoms with van der Waals surface area (Å²) in [6.07, 6.45) is 1.50. The maximum atomic E-state index is 12.9. The number of fused-ring (bicyclic) bond motifs is 1. The molecule has 0 saturated carbocycles. The van der Waals surface area contributed by atoms with E-state index in [0.717, 1.165) is 18.4 Å². The lowest BCUT2D eigenvalue weighted by Crippen LogP contribution is -2.28. The van der Waals surface area contributed by atoms with Crippen LogP contribution in [0.3, 0.4) is 0 Å². The summed E-state index contributed by atoms with van der Waals surface area (Å²) in [6, 6.07) is 11.9. The molecule has 6 nitrogen and oxygen atoms in total. The molecule has 0 fully saturated rings. The molecule has 0 aliphatic carbocycles. The van der Waals surface area contributed by atoms with Gasteiger partial charge in [-0.25, -0.2) is 4.98 Å². The Kier molecular flexibility index (Phi) is 7.64. The van der Waals surface area contributed by atoms with Gasteiger partial charge in [-0.1, -0.05) is 42.1 Å². The average molecular weight is 418 g/mol. The van der Waals surface area contributed by atoms with E-state index in [1.807, 2.05) is 41.8 Å². The van der Waals surface area contributed by atoms with Gasteiger partial charge in [-0.05, 0) is 29.9 Å². The SMILES string of the molecule is COCCCNC(=O)CSc1nc2ccsc2c(=O)n1CCc1ccccc1. The van der Waals surface area contributed by atoms with Crippen molar-refractivity contribution in [3.8, 4) is 0 Å². The predicted octanol–water partition coefficient (Wildman–Crippen LogP) is 2.95. The number of nitrogens with zero attached hydrogens (tertiary/aromatic N) is 2. The second-order valence-corrected chi connectivity index (χ2v) is 8.07. The van der Waals surface area contributed by atoms with Crippen LogP contribution in [0.25, 0.3) is 10.2 Å². The summed E-state index contributed by atoms with van der Waals surface area (Å²) in [5.74, 6) is 0.149. The van der Waals surface area contributed by atoms with Crippen molar-refractivity contribution < 1.29 is 9.53 Å². The van der Waals surface area contributed by atoms with Crippen molar-refractivity contribution in [2.45, 2.75) is 24.5 Å². The lowest BCUT2D eigenvalue weighted by atomic mass is 10.1. The minimum atomic E-state index is -0.0737. The highest BCUT2D eigenvalue weighted by Gasteiger charge is 2.14. The van der Waals surface area contributed by atoms with Crippen molar-refractivity contribution in [2.24, 2.45) is 0 Å². The third kappa shape index (κ3) is 5.43. The molecule has 1 amide bonds. The smallest absolute Gasteiger partial charge is 0.272 e. The van der Waals surface area contributed by atoms with Crippen LogP contribution < -0.4 is 10.9 Å². The number of carbonyl (C=O) groups is 1. The van der Waals surface area contributed by atoms with Gasteiger partial charge in [-0.2, -0.15) is 0 Å². The predicted molar refractivity (Wildman–Crippen MR) is 114 cm³/mol. The molecule has 2 aromatic heterocycles. The van der Waals surface area contributed by atoms with Gasteiger partial charge in [0.05, 0.1) is 11.3 Å². The minimum Gasteiger partial charge on any atom is -0.385 e. The van der Waals surface area contributed by atoms with Crippen LogP contribution in [0, 0.1) is 0 Å². The number of thiophene rings is 1. The molecule has 0 unspecified atom stereocenters. The van der Waals surface area contributed by atoms with Crippen molar-refractivity contribution in [3.05, 3.63) is 57.7 Å². The number of rotatable bonds is 10.